The lowest BCUT2D eigenvalue weighted by Crippen LogP contribution is -2.13. The van der Waals surface area contributed by atoms with Crippen molar-refractivity contribution in [1.82, 2.24) is 0 Å². The number of methoxy groups -OCH3 is 1. The minimum Gasteiger partial charge on any atom is -0.465 e. The number of nitrogens with one attached hydrogen (secondary N) is 1. The molecule has 1 heterocycles. The Balaban J connectivity index is 1.69. The zero-order valence-corrected chi connectivity index (χ0v) is 14.5. The summed E-state index contributed by atoms with van der Waals surface area (Å²) in [5, 5.41) is 4.34. The third-order valence-corrected chi connectivity index (χ3v) is 4.33. The highest BCUT2D eigenvalue weighted by Crippen LogP contribution is 2.30. The van der Waals surface area contributed by atoms with E-state index in [4.69, 9.17) is 9.47 Å². The summed E-state index contributed by atoms with van der Waals surface area (Å²) in [6.07, 6.45) is 0. The number of benzene rings is 2. The minimum absolute atomic E-state index is 0.0335. The molecule has 0 unspecified atom stereocenters. The van der Waals surface area contributed by atoms with Crippen LogP contribution in [0, 0.1) is 5.82 Å². The van der Waals surface area contributed by atoms with E-state index in [1.807, 2.05) is 0 Å². The molecule has 0 saturated carbocycles. The molecule has 0 aliphatic carbocycles. The standard InChI is InChI=1S/C19H14FNO4S/c1-24-19(23)17-16(10-11-26-17)25-13-8-6-12(7-9-13)21-18(22)14-4-2-3-5-15(14)20/h2-11H,1H3,(H,21,22). The van der Waals surface area contributed by atoms with Crippen LogP contribution in [0.5, 0.6) is 11.5 Å². The molecule has 0 bridgehead atoms. The highest BCUT2D eigenvalue weighted by atomic mass is 32.1. The second-order valence-corrected chi connectivity index (χ2v) is 6.08. The van der Waals surface area contributed by atoms with Crippen molar-refractivity contribution in [3.8, 4) is 11.5 Å². The van der Waals surface area contributed by atoms with Gasteiger partial charge in [0.2, 0.25) is 0 Å². The van der Waals surface area contributed by atoms with Crippen LogP contribution in [0.4, 0.5) is 10.1 Å². The Hall–Kier alpha value is -3.19. The second kappa shape index (κ2) is 7.79. The Morgan fingerprint density at radius 3 is 2.46 bits per heavy atom. The topological polar surface area (TPSA) is 64.6 Å². The first-order chi connectivity index (χ1) is 12.6. The number of halogens is 1. The number of esters is 1. The summed E-state index contributed by atoms with van der Waals surface area (Å²) in [4.78, 5) is 24.1. The third kappa shape index (κ3) is 3.89. The Kier molecular flexibility index (Phi) is 5.28. The zero-order valence-electron chi connectivity index (χ0n) is 13.7. The summed E-state index contributed by atoms with van der Waals surface area (Å²) < 4.78 is 24.0. The molecule has 3 aromatic rings. The van der Waals surface area contributed by atoms with Gasteiger partial charge in [-0.2, -0.15) is 0 Å². The molecule has 2 aromatic carbocycles. The van der Waals surface area contributed by atoms with E-state index >= 15 is 0 Å². The fraction of sp³-hybridized carbons (Fsp3) is 0.0526. The van der Waals surface area contributed by atoms with Gasteiger partial charge in [-0.25, -0.2) is 9.18 Å². The molecule has 7 heteroatoms. The molecule has 0 radical (unpaired) electrons. The summed E-state index contributed by atoms with van der Waals surface area (Å²) in [5.74, 6) is -0.716. The van der Waals surface area contributed by atoms with Crippen molar-refractivity contribution in [2.75, 3.05) is 12.4 Å². The van der Waals surface area contributed by atoms with Crippen molar-refractivity contribution < 1.29 is 23.5 Å². The Morgan fingerprint density at radius 1 is 1.04 bits per heavy atom. The molecular weight excluding hydrogens is 357 g/mol. The van der Waals surface area contributed by atoms with Crippen LogP contribution in [0.25, 0.3) is 0 Å². The molecule has 0 atom stereocenters. The van der Waals surface area contributed by atoms with Crippen LogP contribution < -0.4 is 10.1 Å². The number of thiophene rings is 1. The van der Waals surface area contributed by atoms with Crippen molar-refractivity contribution in [3.63, 3.8) is 0 Å². The molecule has 5 nitrogen and oxygen atoms in total. The van der Waals surface area contributed by atoms with E-state index in [2.05, 4.69) is 5.32 Å². The molecule has 0 spiro atoms. The number of rotatable bonds is 5. The number of carbonyl (C=O) groups excluding carboxylic acids is 2. The van der Waals surface area contributed by atoms with Gasteiger partial charge < -0.3 is 14.8 Å². The third-order valence-electron chi connectivity index (χ3n) is 3.46. The quantitative estimate of drug-likeness (QED) is 0.659. The molecule has 1 N–H and O–H groups in total. The van der Waals surface area contributed by atoms with Gasteiger partial charge >= 0.3 is 5.97 Å². The molecular formula is C19H14FNO4S. The zero-order chi connectivity index (χ0) is 18.5. The molecule has 3 rings (SSSR count). The largest absolute Gasteiger partial charge is 0.465 e. The van der Waals surface area contributed by atoms with Gasteiger partial charge in [0.1, 0.15) is 11.6 Å². The first-order valence-electron chi connectivity index (χ1n) is 7.58. The maximum atomic E-state index is 13.6. The van der Waals surface area contributed by atoms with Crippen molar-refractivity contribution in [2.24, 2.45) is 0 Å². The van der Waals surface area contributed by atoms with Crippen molar-refractivity contribution in [1.29, 1.82) is 0 Å². The number of hydrogen-bond donors (Lipinski definition) is 1. The first kappa shape index (κ1) is 17.6. The number of amides is 1. The summed E-state index contributed by atoms with van der Waals surface area (Å²) in [5.41, 5.74) is 0.456. The van der Waals surface area contributed by atoms with Crippen LogP contribution in [0.15, 0.2) is 60.0 Å². The minimum atomic E-state index is -0.585. The van der Waals surface area contributed by atoms with Crippen molar-refractivity contribution >= 4 is 28.9 Å². The molecule has 132 valence electrons. The van der Waals surface area contributed by atoms with Crippen LogP contribution in [-0.4, -0.2) is 19.0 Å². The Labute approximate surface area is 153 Å². The maximum absolute atomic E-state index is 13.6. The number of anilines is 1. The summed E-state index contributed by atoms with van der Waals surface area (Å²) in [6.45, 7) is 0. The van der Waals surface area contributed by atoms with E-state index in [0.717, 1.165) is 0 Å². The van der Waals surface area contributed by atoms with Gasteiger partial charge in [0.05, 0.1) is 12.7 Å². The van der Waals surface area contributed by atoms with Gasteiger partial charge in [0, 0.05) is 5.69 Å². The molecule has 1 aromatic heterocycles. The summed E-state index contributed by atoms with van der Waals surface area (Å²) in [7, 11) is 1.30. The lowest BCUT2D eigenvalue weighted by molar-refractivity contribution is 0.0603. The fourth-order valence-corrected chi connectivity index (χ4v) is 2.93. The van der Waals surface area contributed by atoms with E-state index in [-0.39, 0.29) is 5.56 Å². The smallest absolute Gasteiger partial charge is 0.351 e. The molecule has 0 aliphatic heterocycles. The lowest BCUT2D eigenvalue weighted by Gasteiger charge is -2.08. The average Bonchev–Trinajstić information content (AvgIpc) is 3.11. The van der Waals surface area contributed by atoms with Gasteiger partial charge in [-0.3, -0.25) is 4.79 Å². The van der Waals surface area contributed by atoms with E-state index in [9.17, 15) is 14.0 Å². The molecule has 0 saturated heterocycles. The molecule has 1 amide bonds. The first-order valence-corrected chi connectivity index (χ1v) is 8.46. The van der Waals surface area contributed by atoms with E-state index in [1.165, 1.54) is 36.6 Å². The number of ether oxygens (including phenoxy) is 2. The highest BCUT2D eigenvalue weighted by molar-refractivity contribution is 7.12. The van der Waals surface area contributed by atoms with Crippen LogP contribution in [0.3, 0.4) is 0 Å². The molecule has 26 heavy (non-hydrogen) atoms. The predicted molar refractivity (Wildman–Crippen MR) is 96.5 cm³/mol. The van der Waals surface area contributed by atoms with Crippen LogP contribution in [0.2, 0.25) is 0 Å². The number of hydrogen-bond acceptors (Lipinski definition) is 5. The van der Waals surface area contributed by atoms with Gasteiger partial charge in [0.25, 0.3) is 5.91 Å². The highest BCUT2D eigenvalue weighted by Gasteiger charge is 2.16. The number of carbonyl (C=O) groups is 2. The molecule has 0 fully saturated rings. The van der Waals surface area contributed by atoms with E-state index < -0.39 is 17.7 Å². The van der Waals surface area contributed by atoms with Gasteiger partial charge in [-0.05, 0) is 47.8 Å². The van der Waals surface area contributed by atoms with Gasteiger partial charge in [-0.1, -0.05) is 12.1 Å². The predicted octanol–water partition coefficient (Wildman–Crippen LogP) is 4.72. The Morgan fingerprint density at radius 2 is 1.77 bits per heavy atom. The van der Waals surface area contributed by atoms with Crippen molar-refractivity contribution in [2.45, 2.75) is 0 Å². The van der Waals surface area contributed by atoms with Gasteiger partial charge in [0.15, 0.2) is 10.6 Å². The van der Waals surface area contributed by atoms with Crippen LogP contribution in [0.1, 0.15) is 20.0 Å². The normalized spacial score (nSPS) is 10.2. The van der Waals surface area contributed by atoms with E-state index in [0.29, 0.717) is 22.1 Å². The van der Waals surface area contributed by atoms with Crippen molar-refractivity contribution in [3.05, 3.63) is 76.2 Å². The SMILES string of the molecule is COC(=O)c1sccc1Oc1ccc(NC(=O)c2ccccc2F)cc1. The molecule has 0 aliphatic rings. The summed E-state index contributed by atoms with van der Waals surface area (Å²) in [6, 6.07) is 13.9. The van der Waals surface area contributed by atoms with Crippen LogP contribution >= 0.6 is 11.3 Å². The van der Waals surface area contributed by atoms with E-state index in [1.54, 1.807) is 41.8 Å². The second-order valence-electron chi connectivity index (χ2n) is 5.17. The van der Waals surface area contributed by atoms with Crippen LogP contribution in [-0.2, 0) is 4.74 Å². The average molecular weight is 371 g/mol. The fourth-order valence-electron chi connectivity index (χ4n) is 2.20. The van der Waals surface area contributed by atoms with Gasteiger partial charge in [-0.15, -0.1) is 11.3 Å². The maximum Gasteiger partial charge on any atom is 0.351 e. The monoisotopic (exact) mass is 371 g/mol. The summed E-state index contributed by atoms with van der Waals surface area (Å²) >= 11 is 1.22. The Bertz CT molecular complexity index is 937. The lowest BCUT2D eigenvalue weighted by atomic mass is 10.2.